The molecule has 0 aliphatic heterocycles. The molecule has 1 aromatic rings. The highest BCUT2D eigenvalue weighted by Crippen LogP contribution is 2.19. The molecule has 78 valence electrons. The average molecular weight is 212 g/mol. The number of hydrogen-bond donors (Lipinski definition) is 2. The van der Waals surface area contributed by atoms with Gasteiger partial charge in [0.05, 0.1) is 6.61 Å². The van der Waals surface area contributed by atoms with Crippen LogP contribution in [0.3, 0.4) is 0 Å². The minimum atomic E-state index is 0.107. The number of unbranched alkanes of at least 4 members (excludes halogenated alkanes) is 1. The minimum Gasteiger partial charge on any atom is -0.396 e. The van der Waals surface area contributed by atoms with Crippen LogP contribution in [0.5, 0.6) is 0 Å². The van der Waals surface area contributed by atoms with E-state index in [4.69, 9.17) is 10.2 Å². The molecule has 2 nitrogen and oxygen atoms in total. The van der Waals surface area contributed by atoms with E-state index in [2.05, 4.69) is 0 Å². The van der Waals surface area contributed by atoms with E-state index < -0.39 is 0 Å². The van der Waals surface area contributed by atoms with Crippen molar-refractivity contribution < 1.29 is 10.2 Å². The van der Waals surface area contributed by atoms with Gasteiger partial charge in [-0.2, -0.15) is 0 Å². The molecular weight excluding hydrogens is 196 g/mol. The van der Waals surface area contributed by atoms with Gasteiger partial charge in [0.15, 0.2) is 0 Å². The highest BCUT2D eigenvalue weighted by atomic mass is 32.2. The summed E-state index contributed by atoms with van der Waals surface area (Å²) in [6.07, 6.45) is 1.92. The Hall–Kier alpha value is -0.510. The van der Waals surface area contributed by atoms with Crippen molar-refractivity contribution >= 4 is 11.8 Å². The maximum Gasteiger partial charge on any atom is 0.0681 e. The number of thioether (sulfide) groups is 1. The van der Waals surface area contributed by atoms with E-state index in [9.17, 15) is 0 Å². The fourth-order valence-corrected chi connectivity index (χ4v) is 2.01. The summed E-state index contributed by atoms with van der Waals surface area (Å²) in [5.74, 6) is 1.04. The van der Waals surface area contributed by atoms with Crippen LogP contribution >= 0.6 is 11.8 Å². The summed E-state index contributed by atoms with van der Waals surface area (Å²) in [6, 6.07) is 7.92. The van der Waals surface area contributed by atoms with E-state index in [1.807, 2.05) is 24.3 Å². The lowest BCUT2D eigenvalue weighted by Crippen LogP contribution is -1.86. The van der Waals surface area contributed by atoms with Gasteiger partial charge < -0.3 is 10.2 Å². The van der Waals surface area contributed by atoms with E-state index in [0.717, 1.165) is 24.2 Å². The van der Waals surface area contributed by atoms with Gasteiger partial charge in [0.25, 0.3) is 0 Å². The van der Waals surface area contributed by atoms with Crippen molar-refractivity contribution in [1.82, 2.24) is 0 Å². The maximum atomic E-state index is 8.84. The number of rotatable bonds is 6. The van der Waals surface area contributed by atoms with E-state index in [0.29, 0.717) is 0 Å². The van der Waals surface area contributed by atoms with Gasteiger partial charge in [0.1, 0.15) is 0 Å². The first-order valence-electron chi connectivity index (χ1n) is 4.80. The first-order valence-corrected chi connectivity index (χ1v) is 5.79. The highest BCUT2D eigenvalue weighted by molar-refractivity contribution is 7.99. The summed E-state index contributed by atoms with van der Waals surface area (Å²) in [7, 11) is 0. The maximum absolute atomic E-state index is 8.84. The van der Waals surface area contributed by atoms with Crippen LogP contribution in [-0.4, -0.2) is 22.6 Å². The molecule has 0 saturated heterocycles. The van der Waals surface area contributed by atoms with E-state index >= 15 is 0 Å². The lowest BCUT2D eigenvalue weighted by Gasteiger charge is -2.01. The second-order valence-corrected chi connectivity index (χ2v) is 4.25. The fourth-order valence-electron chi connectivity index (χ4n) is 1.09. The Morgan fingerprint density at radius 2 is 1.71 bits per heavy atom. The van der Waals surface area contributed by atoms with Gasteiger partial charge in [-0.3, -0.25) is 0 Å². The molecule has 0 fully saturated rings. The van der Waals surface area contributed by atoms with Crippen LogP contribution in [0.2, 0.25) is 0 Å². The molecule has 2 N–H and O–H groups in total. The normalized spacial score (nSPS) is 10.4. The lowest BCUT2D eigenvalue weighted by atomic mass is 10.2. The summed E-state index contributed by atoms with van der Waals surface area (Å²) < 4.78 is 0. The first-order chi connectivity index (χ1) is 6.86. The molecule has 0 aliphatic rings. The Morgan fingerprint density at radius 3 is 2.29 bits per heavy atom. The Bertz CT molecular complexity index is 246. The number of hydrogen-bond acceptors (Lipinski definition) is 3. The Kier molecular flexibility index (Phi) is 5.68. The monoisotopic (exact) mass is 212 g/mol. The van der Waals surface area contributed by atoms with Crippen LogP contribution in [0, 0.1) is 0 Å². The van der Waals surface area contributed by atoms with E-state index in [-0.39, 0.29) is 13.2 Å². The molecule has 0 spiro atoms. The lowest BCUT2D eigenvalue weighted by molar-refractivity contribution is 0.282. The average Bonchev–Trinajstić information content (AvgIpc) is 2.25. The zero-order chi connectivity index (χ0) is 10.2. The standard InChI is InChI=1S/C11H16O2S/c12-7-1-2-8-14-11-5-3-10(9-13)4-6-11/h3-6,12-13H,1-2,7-9H2. The summed E-state index contributed by atoms with van der Waals surface area (Å²) in [5.41, 5.74) is 0.949. The van der Waals surface area contributed by atoms with Gasteiger partial charge >= 0.3 is 0 Å². The van der Waals surface area contributed by atoms with Crippen molar-refractivity contribution in [2.75, 3.05) is 12.4 Å². The smallest absolute Gasteiger partial charge is 0.0681 e. The van der Waals surface area contributed by atoms with E-state index in [1.54, 1.807) is 11.8 Å². The largest absolute Gasteiger partial charge is 0.396 e. The van der Waals surface area contributed by atoms with Crippen LogP contribution < -0.4 is 0 Å². The molecular formula is C11H16O2S. The van der Waals surface area contributed by atoms with Crippen molar-refractivity contribution in [2.24, 2.45) is 0 Å². The fraction of sp³-hybridized carbons (Fsp3) is 0.455. The zero-order valence-electron chi connectivity index (χ0n) is 8.15. The second-order valence-electron chi connectivity index (χ2n) is 3.08. The molecule has 0 bridgehead atoms. The summed E-state index contributed by atoms with van der Waals surface area (Å²) in [5, 5.41) is 17.4. The molecule has 0 aliphatic carbocycles. The second kappa shape index (κ2) is 6.87. The van der Waals surface area contributed by atoms with Crippen LogP contribution in [0.4, 0.5) is 0 Å². The number of aliphatic hydroxyl groups excluding tert-OH is 2. The molecule has 0 heterocycles. The van der Waals surface area contributed by atoms with Crippen molar-refractivity contribution in [2.45, 2.75) is 24.3 Å². The third kappa shape index (κ3) is 4.13. The van der Waals surface area contributed by atoms with Gasteiger partial charge in [-0.1, -0.05) is 12.1 Å². The predicted octanol–water partition coefficient (Wildman–Crippen LogP) is 2.04. The van der Waals surface area contributed by atoms with Gasteiger partial charge in [-0.25, -0.2) is 0 Å². The van der Waals surface area contributed by atoms with Crippen molar-refractivity contribution in [1.29, 1.82) is 0 Å². The summed E-state index contributed by atoms with van der Waals surface area (Å²) >= 11 is 1.79. The molecule has 0 atom stereocenters. The molecule has 14 heavy (non-hydrogen) atoms. The molecule has 0 saturated carbocycles. The van der Waals surface area contributed by atoms with Gasteiger partial charge in [0, 0.05) is 11.5 Å². The number of aliphatic hydroxyl groups is 2. The van der Waals surface area contributed by atoms with Crippen molar-refractivity contribution in [3.63, 3.8) is 0 Å². The molecule has 1 aromatic carbocycles. The molecule has 1 rings (SSSR count). The van der Waals surface area contributed by atoms with Crippen LogP contribution in [-0.2, 0) is 6.61 Å². The summed E-state index contributed by atoms with van der Waals surface area (Å²) in [6.45, 7) is 0.388. The van der Waals surface area contributed by atoms with Gasteiger partial charge in [0.2, 0.25) is 0 Å². The SMILES string of the molecule is OCCCCSc1ccc(CO)cc1. The molecule has 3 heteroatoms. The molecule has 0 radical (unpaired) electrons. The van der Waals surface area contributed by atoms with Crippen LogP contribution in [0.25, 0.3) is 0 Å². The molecule has 0 unspecified atom stereocenters. The Balaban J connectivity index is 2.29. The third-order valence-corrected chi connectivity index (χ3v) is 3.03. The third-order valence-electron chi connectivity index (χ3n) is 1.93. The molecule has 0 amide bonds. The zero-order valence-corrected chi connectivity index (χ0v) is 8.96. The quantitative estimate of drug-likeness (QED) is 0.560. The van der Waals surface area contributed by atoms with Crippen LogP contribution in [0.15, 0.2) is 29.2 Å². The summed E-state index contributed by atoms with van der Waals surface area (Å²) in [4.78, 5) is 1.22. The number of benzene rings is 1. The Morgan fingerprint density at radius 1 is 1.00 bits per heavy atom. The molecule has 0 aromatic heterocycles. The topological polar surface area (TPSA) is 40.5 Å². The highest BCUT2D eigenvalue weighted by Gasteiger charge is 1.94. The van der Waals surface area contributed by atoms with Crippen LogP contribution in [0.1, 0.15) is 18.4 Å². The van der Waals surface area contributed by atoms with Crippen molar-refractivity contribution in [3.05, 3.63) is 29.8 Å². The first kappa shape index (κ1) is 11.6. The minimum absolute atomic E-state index is 0.107. The van der Waals surface area contributed by atoms with Gasteiger partial charge in [-0.05, 0) is 36.3 Å². The Labute approximate surface area is 89.0 Å². The van der Waals surface area contributed by atoms with Crippen molar-refractivity contribution in [3.8, 4) is 0 Å². The van der Waals surface area contributed by atoms with Gasteiger partial charge in [-0.15, -0.1) is 11.8 Å². The van der Waals surface area contributed by atoms with E-state index in [1.165, 1.54) is 4.90 Å². The predicted molar refractivity (Wildman–Crippen MR) is 59.4 cm³/mol.